The van der Waals surface area contributed by atoms with Crippen LogP contribution >= 0.6 is 0 Å². The molecule has 84 valence electrons. The Morgan fingerprint density at radius 3 is 1.76 bits per heavy atom. The fourth-order valence-corrected chi connectivity index (χ4v) is 3.18. The van der Waals surface area contributed by atoms with Crippen LogP contribution in [0.2, 0.25) is 0 Å². The third-order valence-corrected chi connectivity index (χ3v) is 4.10. The van der Waals surface area contributed by atoms with Crippen LogP contribution in [0.3, 0.4) is 0 Å². The van der Waals surface area contributed by atoms with Crippen molar-refractivity contribution in [1.82, 2.24) is 0 Å². The number of rotatable bonds is 0. The zero-order valence-electron chi connectivity index (χ0n) is 10.0. The van der Waals surface area contributed by atoms with Gasteiger partial charge in [-0.1, -0.05) is 24.3 Å². The summed E-state index contributed by atoms with van der Waals surface area (Å²) in [5.41, 5.74) is 2.18. The van der Waals surface area contributed by atoms with Gasteiger partial charge in [0.15, 0.2) is 0 Å². The summed E-state index contributed by atoms with van der Waals surface area (Å²) < 4.78 is 6.18. The van der Waals surface area contributed by atoms with Crippen LogP contribution in [-0.4, -0.2) is 0 Å². The van der Waals surface area contributed by atoms with Crippen LogP contribution < -0.4 is 0 Å². The van der Waals surface area contributed by atoms with Gasteiger partial charge >= 0.3 is 0 Å². The fraction of sp³-hybridized carbons (Fsp3) is 0.250. The molecule has 2 aliphatic rings. The van der Waals surface area contributed by atoms with Crippen LogP contribution in [0, 0.1) is 0 Å². The van der Waals surface area contributed by atoms with Crippen molar-refractivity contribution in [1.29, 1.82) is 0 Å². The normalized spacial score (nSPS) is 33.3. The van der Waals surface area contributed by atoms with Crippen LogP contribution in [0.15, 0.2) is 48.6 Å². The van der Waals surface area contributed by atoms with Crippen molar-refractivity contribution in [2.24, 2.45) is 0 Å². The molecule has 2 unspecified atom stereocenters. The lowest BCUT2D eigenvalue weighted by molar-refractivity contribution is -0.0494. The Kier molecular flexibility index (Phi) is 1.46. The van der Waals surface area contributed by atoms with E-state index in [1.807, 2.05) is 0 Å². The summed E-state index contributed by atoms with van der Waals surface area (Å²) in [7, 11) is 0. The average Bonchev–Trinajstić information content (AvgIpc) is 2.75. The van der Waals surface area contributed by atoms with Crippen LogP contribution in [0.1, 0.15) is 25.0 Å². The maximum Gasteiger partial charge on any atom is 0.111 e. The lowest BCUT2D eigenvalue weighted by atomic mass is 9.82. The first-order chi connectivity index (χ1) is 8.11. The molecule has 0 aliphatic carbocycles. The molecule has 1 nitrogen and oxygen atoms in total. The van der Waals surface area contributed by atoms with Crippen molar-refractivity contribution in [3.05, 3.63) is 59.7 Å². The van der Waals surface area contributed by atoms with Gasteiger partial charge in [-0.05, 0) is 60.0 Å². The van der Waals surface area contributed by atoms with E-state index in [0.717, 1.165) is 0 Å². The van der Waals surface area contributed by atoms with Crippen LogP contribution in [0.4, 0.5) is 0 Å². The number of hydrogen-bond donors (Lipinski definition) is 0. The van der Waals surface area contributed by atoms with E-state index < -0.39 is 0 Å². The molecule has 0 saturated carbocycles. The molecule has 2 bridgehead atoms. The molecular weight excluding hydrogens is 208 g/mol. The largest absolute Gasteiger partial charge is 0.351 e. The topological polar surface area (TPSA) is 9.23 Å². The Morgan fingerprint density at radius 1 is 0.824 bits per heavy atom. The van der Waals surface area contributed by atoms with Crippen molar-refractivity contribution in [2.75, 3.05) is 0 Å². The molecule has 2 atom stereocenters. The molecule has 0 radical (unpaired) electrons. The van der Waals surface area contributed by atoms with E-state index in [1.54, 1.807) is 0 Å². The SMILES string of the molecule is CC12C=CC(C)(O1)c1cc3ccccc3cc12. The van der Waals surface area contributed by atoms with E-state index in [1.165, 1.54) is 21.9 Å². The quantitative estimate of drug-likeness (QED) is 0.615. The van der Waals surface area contributed by atoms with Gasteiger partial charge in [-0.15, -0.1) is 0 Å². The maximum absolute atomic E-state index is 6.18. The van der Waals surface area contributed by atoms with Gasteiger partial charge in [-0.25, -0.2) is 0 Å². The van der Waals surface area contributed by atoms with Crippen molar-refractivity contribution >= 4 is 10.8 Å². The van der Waals surface area contributed by atoms with Gasteiger partial charge in [0.2, 0.25) is 0 Å². The zero-order valence-corrected chi connectivity index (χ0v) is 10.0. The van der Waals surface area contributed by atoms with Gasteiger partial charge in [0.1, 0.15) is 11.2 Å². The molecule has 2 aromatic carbocycles. The van der Waals surface area contributed by atoms with Crippen LogP contribution in [0.5, 0.6) is 0 Å². The van der Waals surface area contributed by atoms with E-state index in [0.29, 0.717) is 0 Å². The second kappa shape index (κ2) is 2.62. The van der Waals surface area contributed by atoms with E-state index in [-0.39, 0.29) is 11.2 Å². The summed E-state index contributed by atoms with van der Waals surface area (Å²) in [6.45, 7) is 4.30. The van der Waals surface area contributed by atoms with Gasteiger partial charge < -0.3 is 4.74 Å². The minimum Gasteiger partial charge on any atom is -0.351 e. The number of hydrogen-bond acceptors (Lipinski definition) is 1. The second-order valence-electron chi connectivity index (χ2n) is 5.39. The van der Waals surface area contributed by atoms with Crippen molar-refractivity contribution in [2.45, 2.75) is 25.0 Å². The molecule has 2 heterocycles. The Morgan fingerprint density at radius 2 is 1.29 bits per heavy atom. The molecule has 17 heavy (non-hydrogen) atoms. The van der Waals surface area contributed by atoms with Crippen molar-refractivity contribution in [3.63, 3.8) is 0 Å². The van der Waals surface area contributed by atoms with Gasteiger partial charge in [-0.2, -0.15) is 0 Å². The van der Waals surface area contributed by atoms with Crippen molar-refractivity contribution < 1.29 is 4.74 Å². The molecule has 0 aromatic heterocycles. The summed E-state index contributed by atoms with van der Waals surface area (Å²) in [4.78, 5) is 0. The smallest absolute Gasteiger partial charge is 0.111 e. The van der Waals surface area contributed by atoms with E-state index in [9.17, 15) is 0 Å². The Hall–Kier alpha value is -1.60. The summed E-state index contributed by atoms with van der Waals surface area (Å²) in [6, 6.07) is 13.1. The van der Waals surface area contributed by atoms with E-state index in [4.69, 9.17) is 4.74 Å². The summed E-state index contributed by atoms with van der Waals surface area (Å²) >= 11 is 0. The summed E-state index contributed by atoms with van der Waals surface area (Å²) in [6.07, 6.45) is 4.37. The highest BCUT2D eigenvalue weighted by Gasteiger charge is 2.50. The Balaban J connectivity index is 2.12. The third-order valence-electron chi connectivity index (χ3n) is 4.10. The van der Waals surface area contributed by atoms with Gasteiger partial charge in [0.05, 0.1) is 0 Å². The molecular formula is C16H14O. The van der Waals surface area contributed by atoms with Gasteiger partial charge in [-0.3, -0.25) is 0 Å². The minimum atomic E-state index is -0.228. The number of fused-ring (bicyclic) bond motifs is 6. The van der Waals surface area contributed by atoms with Gasteiger partial charge in [0, 0.05) is 0 Å². The molecule has 1 heteroatoms. The molecule has 0 saturated heterocycles. The molecule has 0 spiro atoms. The molecule has 4 rings (SSSR count). The maximum atomic E-state index is 6.18. The first-order valence-electron chi connectivity index (χ1n) is 6.05. The third kappa shape index (κ3) is 1.03. The van der Waals surface area contributed by atoms with Gasteiger partial charge in [0.25, 0.3) is 0 Å². The lowest BCUT2D eigenvalue weighted by Crippen LogP contribution is -2.17. The van der Waals surface area contributed by atoms with E-state index in [2.05, 4.69) is 62.4 Å². The van der Waals surface area contributed by atoms with Crippen LogP contribution in [0.25, 0.3) is 10.8 Å². The fourth-order valence-electron chi connectivity index (χ4n) is 3.18. The highest BCUT2D eigenvalue weighted by molar-refractivity contribution is 5.85. The average molecular weight is 222 g/mol. The molecule has 2 aromatic rings. The van der Waals surface area contributed by atoms with E-state index >= 15 is 0 Å². The van der Waals surface area contributed by atoms with Crippen molar-refractivity contribution in [3.8, 4) is 0 Å². The summed E-state index contributed by atoms with van der Waals surface area (Å²) in [5, 5.41) is 2.58. The first kappa shape index (κ1) is 9.43. The second-order valence-corrected chi connectivity index (χ2v) is 5.39. The molecule has 0 fully saturated rings. The Bertz CT molecular complexity index is 614. The molecule has 0 N–H and O–H groups in total. The zero-order chi connectivity index (χ0) is 11.7. The molecule has 2 aliphatic heterocycles. The highest BCUT2D eigenvalue weighted by Crippen LogP contribution is 2.54. The standard InChI is InChI=1S/C16H14O/c1-15-7-8-16(2,17-15)14-10-12-6-4-3-5-11(12)9-13(14)15/h3-10H,1-2H3. The van der Waals surface area contributed by atoms with Crippen LogP contribution in [-0.2, 0) is 15.9 Å². The Labute approximate surface area is 101 Å². The number of ether oxygens (including phenoxy) is 1. The molecule has 0 amide bonds. The predicted molar refractivity (Wildman–Crippen MR) is 68.9 cm³/mol. The first-order valence-corrected chi connectivity index (χ1v) is 6.05. The predicted octanol–water partition coefficient (Wildman–Crippen LogP) is 3.87. The monoisotopic (exact) mass is 222 g/mol. The minimum absolute atomic E-state index is 0.228. The highest BCUT2D eigenvalue weighted by atomic mass is 16.5. The number of benzene rings is 2. The summed E-state index contributed by atoms with van der Waals surface area (Å²) in [5.74, 6) is 0. The lowest BCUT2D eigenvalue weighted by Gasteiger charge is -2.18.